The molecule has 0 aromatic carbocycles. The highest BCUT2D eigenvalue weighted by Gasteiger charge is 2.32. The average molecular weight is 377 g/mol. The zero-order valence-electron chi connectivity index (χ0n) is 15.7. The standard InChI is InChI=1S/C17H20FN5O4/c1-10-14(23(25)26)15(21-11(2)20-10)22(16(24)27-17(3,4)5)9-12-6-7-13(18)19-8-12/h6-8H,9H2,1-5H3. The van der Waals surface area contributed by atoms with Crippen molar-refractivity contribution in [2.24, 2.45) is 0 Å². The third kappa shape index (κ3) is 5.16. The summed E-state index contributed by atoms with van der Waals surface area (Å²) in [4.78, 5) is 36.3. The van der Waals surface area contributed by atoms with Gasteiger partial charge in [0.2, 0.25) is 11.8 Å². The molecule has 2 heterocycles. The van der Waals surface area contributed by atoms with Crippen LogP contribution in [-0.2, 0) is 11.3 Å². The maximum absolute atomic E-state index is 13.1. The van der Waals surface area contributed by atoms with Gasteiger partial charge >= 0.3 is 11.8 Å². The van der Waals surface area contributed by atoms with E-state index in [1.807, 2.05) is 0 Å². The second-order valence-corrected chi connectivity index (χ2v) is 6.84. The predicted molar refractivity (Wildman–Crippen MR) is 94.8 cm³/mol. The summed E-state index contributed by atoms with van der Waals surface area (Å²) in [5.41, 5.74) is -0.664. The van der Waals surface area contributed by atoms with Gasteiger partial charge in [0.15, 0.2) is 0 Å². The smallest absolute Gasteiger partial charge is 0.416 e. The Morgan fingerprint density at radius 2 is 1.96 bits per heavy atom. The highest BCUT2D eigenvalue weighted by atomic mass is 19.1. The summed E-state index contributed by atoms with van der Waals surface area (Å²) in [6.07, 6.45) is 0.409. The van der Waals surface area contributed by atoms with Crippen LogP contribution in [0.1, 0.15) is 37.9 Å². The van der Waals surface area contributed by atoms with Gasteiger partial charge < -0.3 is 4.74 Å². The Balaban J connectivity index is 2.57. The Morgan fingerprint density at radius 1 is 1.30 bits per heavy atom. The summed E-state index contributed by atoms with van der Waals surface area (Å²) >= 11 is 0. The first-order chi connectivity index (χ1) is 12.5. The third-order valence-electron chi connectivity index (χ3n) is 3.33. The molecule has 0 atom stereocenters. The number of hydrogen-bond donors (Lipinski definition) is 0. The molecule has 1 amide bonds. The minimum atomic E-state index is -0.831. The molecule has 10 heteroatoms. The lowest BCUT2D eigenvalue weighted by Gasteiger charge is -2.26. The molecule has 27 heavy (non-hydrogen) atoms. The van der Waals surface area contributed by atoms with Crippen molar-refractivity contribution in [3.05, 3.63) is 51.5 Å². The van der Waals surface area contributed by atoms with Gasteiger partial charge in [-0.25, -0.2) is 19.7 Å². The molecule has 2 aromatic heterocycles. The van der Waals surface area contributed by atoms with E-state index < -0.39 is 28.3 Å². The van der Waals surface area contributed by atoms with Crippen molar-refractivity contribution in [1.82, 2.24) is 15.0 Å². The molecule has 0 saturated heterocycles. The lowest BCUT2D eigenvalue weighted by molar-refractivity contribution is -0.385. The van der Waals surface area contributed by atoms with Gasteiger partial charge in [-0.15, -0.1) is 0 Å². The van der Waals surface area contributed by atoms with Gasteiger partial charge in [0, 0.05) is 6.20 Å². The summed E-state index contributed by atoms with van der Waals surface area (Å²) in [5, 5.41) is 11.5. The van der Waals surface area contributed by atoms with Gasteiger partial charge in [-0.1, -0.05) is 6.07 Å². The first kappa shape index (κ1) is 20.1. The number of halogens is 1. The maximum Gasteiger partial charge on any atom is 0.416 e. The molecule has 0 radical (unpaired) electrons. The Bertz CT molecular complexity index is 865. The number of anilines is 1. The van der Waals surface area contributed by atoms with Crippen LogP contribution in [0, 0.1) is 29.9 Å². The van der Waals surface area contributed by atoms with Crippen molar-refractivity contribution in [2.45, 2.75) is 46.8 Å². The fourth-order valence-electron chi connectivity index (χ4n) is 2.32. The second kappa shape index (κ2) is 7.60. The van der Waals surface area contributed by atoms with Crippen molar-refractivity contribution in [1.29, 1.82) is 0 Å². The molecule has 0 unspecified atom stereocenters. The summed E-state index contributed by atoms with van der Waals surface area (Å²) < 4.78 is 18.5. The van der Waals surface area contributed by atoms with E-state index in [1.165, 1.54) is 19.2 Å². The van der Waals surface area contributed by atoms with Crippen molar-refractivity contribution < 1.29 is 18.8 Å². The van der Waals surface area contributed by atoms with Crippen LogP contribution in [-0.4, -0.2) is 31.6 Å². The quantitative estimate of drug-likeness (QED) is 0.455. The van der Waals surface area contributed by atoms with E-state index in [1.54, 1.807) is 27.7 Å². The molecular weight excluding hydrogens is 357 g/mol. The van der Waals surface area contributed by atoms with Crippen molar-refractivity contribution >= 4 is 17.6 Å². The van der Waals surface area contributed by atoms with Gasteiger partial charge in [-0.2, -0.15) is 4.39 Å². The summed E-state index contributed by atoms with van der Waals surface area (Å²) in [6, 6.07) is 2.56. The zero-order valence-corrected chi connectivity index (χ0v) is 15.7. The number of carbonyl (C=O) groups excluding carboxylic acids is 1. The fraction of sp³-hybridized carbons (Fsp3) is 0.412. The SMILES string of the molecule is Cc1nc(C)c([N+](=O)[O-])c(N(Cc2ccc(F)nc2)C(=O)OC(C)(C)C)n1. The number of hydrogen-bond acceptors (Lipinski definition) is 7. The van der Waals surface area contributed by atoms with E-state index in [9.17, 15) is 19.3 Å². The van der Waals surface area contributed by atoms with E-state index >= 15 is 0 Å². The Labute approximate surface area is 155 Å². The van der Waals surface area contributed by atoms with Crippen LogP contribution in [0.15, 0.2) is 18.3 Å². The molecule has 9 nitrogen and oxygen atoms in total. The number of rotatable bonds is 4. The van der Waals surface area contributed by atoms with E-state index in [0.29, 0.717) is 5.56 Å². The van der Waals surface area contributed by atoms with Gasteiger partial charge in [0.05, 0.1) is 11.5 Å². The van der Waals surface area contributed by atoms with Gasteiger partial charge in [-0.3, -0.25) is 15.0 Å². The normalized spacial score (nSPS) is 11.2. The van der Waals surface area contributed by atoms with Crippen LogP contribution in [0.5, 0.6) is 0 Å². The number of amides is 1. The highest BCUT2D eigenvalue weighted by Crippen LogP contribution is 2.31. The average Bonchev–Trinajstić information content (AvgIpc) is 2.51. The van der Waals surface area contributed by atoms with Crippen LogP contribution in [0.2, 0.25) is 0 Å². The Hall–Kier alpha value is -3.17. The van der Waals surface area contributed by atoms with Crippen LogP contribution in [0.4, 0.5) is 20.7 Å². The van der Waals surface area contributed by atoms with Crippen LogP contribution in [0.3, 0.4) is 0 Å². The van der Waals surface area contributed by atoms with Gasteiger partial charge in [0.1, 0.15) is 17.1 Å². The molecule has 0 aliphatic carbocycles. The Morgan fingerprint density at radius 3 is 2.48 bits per heavy atom. The topological polar surface area (TPSA) is 111 Å². The first-order valence-corrected chi connectivity index (χ1v) is 8.08. The van der Waals surface area contributed by atoms with E-state index in [-0.39, 0.29) is 23.9 Å². The number of nitrogens with zero attached hydrogens (tertiary/aromatic N) is 5. The maximum atomic E-state index is 13.1. The number of aromatic nitrogens is 3. The molecular formula is C17H20FN5O4. The number of ether oxygens (including phenoxy) is 1. The molecule has 144 valence electrons. The molecule has 0 fully saturated rings. The van der Waals surface area contributed by atoms with Crippen LogP contribution >= 0.6 is 0 Å². The lowest BCUT2D eigenvalue weighted by atomic mass is 10.2. The summed E-state index contributed by atoms with van der Waals surface area (Å²) in [7, 11) is 0. The van der Waals surface area contributed by atoms with Gasteiger partial charge in [-0.05, 0) is 46.2 Å². The number of nitro groups is 1. The number of aryl methyl sites for hydroxylation is 2. The second-order valence-electron chi connectivity index (χ2n) is 6.84. The zero-order chi connectivity index (χ0) is 20.4. The minimum absolute atomic E-state index is 0.119. The molecule has 2 rings (SSSR count). The van der Waals surface area contributed by atoms with Crippen LogP contribution in [0.25, 0.3) is 0 Å². The predicted octanol–water partition coefficient (Wildman–Crippen LogP) is 3.48. The molecule has 0 aliphatic rings. The molecule has 0 bridgehead atoms. The molecule has 0 saturated carbocycles. The first-order valence-electron chi connectivity index (χ1n) is 8.08. The van der Waals surface area contributed by atoms with Crippen LogP contribution < -0.4 is 4.90 Å². The number of carbonyl (C=O) groups is 1. The summed E-state index contributed by atoms with van der Waals surface area (Å²) in [5.74, 6) is -0.607. The minimum Gasteiger partial charge on any atom is -0.443 e. The summed E-state index contributed by atoms with van der Waals surface area (Å²) in [6.45, 7) is 7.91. The molecule has 0 N–H and O–H groups in total. The third-order valence-corrected chi connectivity index (χ3v) is 3.33. The number of pyridine rings is 1. The van der Waals surface area contributed by atoms with Crippen molar-refractivity contribution in [3.63, 3.8) is 0 Å². The Kier molecular flexibility index (Phi) is 5.67. The van der Waals surface area contributed by atoms with Gasteiger partial charge in [0.25, 0.3) is 0 Å². The molecule has 2 aromatic rings. The van der Waals surface area contributed by atoms with Crippen molar-refractivity contribution in [3.8, 4) is 0 Å². The molecule has 0 aliphatic heterocycles. The highest BCUT2D eigenvalue weighted by molar-refractivity contribution is 5.89. The molecule has 0 spiro atoms. The lowest BCUT2D eigenvalue weighted by Crippen LogP contribution is -2.37. The fourth-order valence-corrected chi connectivity index (χ4v) is 2.32. The van der Waals surface area contributed by atoms with E-state index in [4.69, 9.17) is 4.74 Å². The monoisotopic (exact) mass is 377 g/mol. The van der Waals surface area contributed by atoms with E-state index in [2.05, 4.69) is 15.0 Å². The van der Waals surface area contributed by atoms with Crippen molar-refractivity contribution in [2.75, 3.05) is 4.90 Å². The van der Waals surface area contributed by atoms with E-state index in [0.717, 1.165) is 11.0 Å². The largest absolute Gasteiger partial charge is 0.443 e.